The Bertz CT molecular complexity index is 261. The van der Waals surface area contributed by atoms with Crippen molar-refractivity contribution in [2.45, 2.75) is 0 Å². The summed E-state index contributed by atoms with van der Waals surface area (Å²) in [6.07, 6.45) is 0. The van der Waals surface area contributed by atoms with Gasteiger partial charge in [0.2, 0.25) is 0 Å². The van der Waals surface area contributed by atoms with E-state index < -0.39 is 0 Å². The van der Waals surface area contributed by atoms with Crippen LogP contribution in [0.2, 0.25) is 0 Å². The van der Waals surface area contributed by atoms with E-state index in [4.69, 9.17) is 9.47 Å². The SMILES string of the molecule is C[NH2+]c1cc(OC)ccc1OC. The van der Waals surface area contributed by atoms with E-state index in [2.05, 4.69) is 0 Å². The molecule has 0 aliphatic carbocycles. The fraction of sp³-hybridized carbons (Fsp3) is 0.333. The van der Waals surface area contributed by atoms with Crippen molar-refractivity contribution < 1.29 is 14.8 Å². The average Bonchev–Trinajstić information content (AvgIpc) is 2.16. The highest BCUT2D eigenvalue weighted by atomic mass is 16.5. The van der Waals surface area contributed by atoms with Gasteiger partial charge in [0.15, 0.2) is 11.4 Å². The molecule has 1 rings (SSSR count). The number of hydrogen-bond donors (Lipinski definition) is 1. The number of rotatable bonds is 3. The van der Waals surface area contributed by atoms with Gasteiger partial charge in [-0.15, -0.1) is 0 Å². The van der Waals surface area contributed by atoms with Crippen LogP contribution >= 0.6 is 0 Å². The molecule has 0 aliphatic rings. The predicted molar refractivity (Wildman–Crippen MR) is 47.1 cm³/mol. The van der Waals surface area contributed by atoms with Crippen LogP contribution in [0.3, 0.4) is 0 Å². The van der Waals surface area contributed by atoms with Crippen LogP contribution in [0.4, 0.5) is 5.69 Å². The molecule has 3 heteroatoms. The van der Waals surface area contributed by atoms with Crippen LogP contribution in [0.1, 0.15) is 0 Å². The molecule has 0 radical (unpaired) electrons. The van der Waals surface area contributed by atoms with Crippen LogP contribution in [0.25, 0.3) is 0 Å². The van der Waals surface area contributed by atoms with Gasteiger partial charge in [-0.05, 0) is 12.1 Å². The lowest BCUT2D eigenvalue weighted by molar-refractivity contribution is -0.540. The second-order valence-electron chi connectivity index (χ2n) is 2.40. The minimum Gasteiger partial charge on any atom is -0.497 e. The highest BCUT2D eigenvalue weighted by Gasteiger charge is 2.05. The first-order valence-electron chi connectivity index (χ1n) is 3.83. The van der Waals surface area contributed by atoms with Crippen molar-refractivity contribution in [3.05, 3.63) is 18.2 Å². The van der Waals surface area contributed by atoms with Gasteiger partial charge in [0.25, 0.3) is 0 Å². The van der Waals surface area contributed by atoms with Gasteiger partial charge >= 0.3 is 0 Å². The number of ether oxygens (including phenoxy) is 2. The zero-order valence-electron chi connectivity index (χ0n) is 7.63. The normalized spacial score (nSPS) is 9.58. The Kier molecular flexibility index (Phi) is 2.94. The maximum atomic E-state index is 5.15. The van der Waals surface area contributed by atoms with E-state index in [1.54, 1.807) is 14.2 Å². The molecule has 0 heterocycles. The standard InChI is InChI=1S/C9H13NO2/c1-10-8-6-7(11-2)4-5-9(8)12-3/h4-6,10H,1-3H3/p+1. The Labute approximate surface area is 72.3 Å². The quantitative estimate of drug-likeness (QED) is 0.668. The van der Waals surface area contributed by atoms with Crippen LogP contribution in [0.5, 0.6) is 11.5 Å². The molecule has 1 aromatic rings. The number of hydrogen-bond acceptors (Lipinski definition) is 2. The van der Waals surface area contributed by atoms with E-state index in [9.17, 15) is 0 Å². The molecule has 0 unspecified atom stereocenters. The third-order valence-corrected chi connectivity index (χ3v) is 1.75. The summed E-state index contributed by atoms with van der Waals surface area (Å²) in [5.74, 6) is 1.72. The molecule has 0 aromatic heterocycles. The second-order valence-corrected chi connectivity index (χ2v) is 2.40. The van der Waals surface area contributed by atoms with E-state index in [0.29, 0.717) is 0 Å². The molecule has 3 nitrogen and oxygen atoms in total. The molecular weight excluding hydrogens is 154 g/mol. The lowest BCUT2D eigenvalue weighted by atomic mass is 10.3. The van der Waals surface area contributed by atoms with Crippen LogP contribution in [0, 0.1) is 0 Å². The van der Waals surface area contributed by atoms with Crippen molar-refractivity contribution in [2.75, 3.05) is 21.3 Å². The van der Waals surface area contributed by atoms with Crippen molar-refractivity contribution in [3.63, 3.8) is 0 Å². The van der Waals surface area contributed by atoms with Gasteiger partial charge < -0.3 is 14.8 Å². The van der Waals surface area contributed by atoms with Crippen molar-refractivity contribution in [2.24, 2.45) is 0 Å². The van der Waals surface area contributed by atoms with Crippen molar-refractivity contribution in [1.29, 1.82) is 0 Å². The Morgan fingerprint density at radius 2 is 1.92 bits per heavy atom. The van der Waals surface area contributed by atoms with Crippen LogP contribution < -0.4 is 14.8 Å². The second kappa shape index (κ2) is 3.97. The first kappa shape index (κ1) is 8.87. The van der Waals surface area contributed by atoms with Crippen molar-refractivity contribution >= 4 is 5.69 Å². The van der Waals surface area contributed by atoms with Crippen LogP contribution in [0.15, 0.2) is 18.2 Å². The van der Waals surface area contributed by atoms with E-state index in [1.165, 1.54) is 0 Å². The molecule has 0 bridgehead atoms. The maximum absolute atomic E-state index is 5.15. The maximum Gasteiger partial charge on any atom is 0.179 e. The summed E-state index contributed by atoms with van der Waals surface area (Å²) < 4.78 is 10.2. The Morgan fingerprint density at radius 3 is 2.42 bits per heavy atom. The molecular formula is C9H14NO2+. The Morgan fingerprint density at radius 1 is 1.17 bits per heavy atom. The molecule has 0 amide bonds. The molecule has 0 spiro atoms. The van der Waals surface area contributed by atoms with Crippen LogP contribution in [-0.2, 0) is 0 Å². The van der Waals surface area contributed by atoms with Gasteiger partial charge in [-0.2, -0.15) is 0 Å². The molecule has 0 saturated heterocycles. The molecule has 12 heavy (non-hydrogen) atoms. The fourth-order valence-electron chi connectivity index (χ4n) is 1.07. The van der Waals surface area contributed by atoms with E-state index >= 15 is 0 Å². The molecule has 0 fully saturated rings. The van der Waals surface area contributed by atoms with Gasteiger partial charge in [-0.25, -0.2) is 0 Å². The largest absolute Gasteiger partial charge is 0.497 e. The van der Waals surface area contributed by atoms with Gasteiger partial charge in [0, 0.05) is 6.07 Å². The topological polar surface area (TPSA) is 35.1 Å². The Hall–Kier alpha value is -1.22. The fourth-order valence-corrected chi connectivity index (χ4v) is 1.07. The molecule has 66 valence electrons. The summed E-state index contributed by atoms with van der Waals surface area (Å²) in [5.41, 5.74) is 1.05. The molecule has 0 saturated carbocycles. The first-order chi connectivity index (χ1) is 5.81. The minimum absolute atomic E-state index is 0.851. The average molecular weight is 168 g/mol. The Balaban J connectivity index is 3.02. The number of benzene rings is 1. The van der Waals surface area contributed by atoms with Crippen molar-refractivity contribution in [1.82, 2.24) is 0 Å². The summed E-state index contributed by atoms with van der Waals surface area (Å²) in [4.78, 5) is 0. The van der Waals surface area contributed by atoms with Gasteiger partial charge in [-0.3, -0.25) is 0 Å². The summed E-state index contributed by atoms with van der Waals surface area (Å²) in [6.45, 7) is 0. The predicted octanol–water partition coefficient (Wildman–Crippen LogP) is 0.528. The third kappa shape index (κ3) is 1.68. The summed E-state index contributed by atoms with van der Waals surface area (Å²) in [5, 5.41) is 1.99. The van der Waals surface area contributed by atoms with Gasteiger partial charge in [-0.1, -0.05) is 0 Å². The highest BCUT2D eigenvalue weighted by Crippen LogP contribution is 2.24. The number of methoxy groups -OCH3 is 2. The molecule has 2 N–H and O–H groups in total. The lowest BCUT2D eigenvalue weighted by Crippen LogP contribution is -2.72. The third-order valence-electron chi connectivity index (χ3n) is 1.75. The first-order valence-corrected chi connectivity index (χ1v) is 3.83. The minimum atomic E-state index is 0.851. The van der Waals surface area contributed by atoms with Crippen molar-refractivity contribution in [3.8, 4) is 11.5 Å². The number of nitrogens with two attached hydrogens (primary N) is 1. The zero-order chi connectivity index (χ0) is 8.97. The molecule has 0 atom stereocenters. The molecule has 1 aromatic carbocycles. The van der Waals surface area contributed by atoms with E-state index in [-0.39, 0.29) is 0 Å². The van der Waals surface area contributed by atoms with Gasteiger partial charge in [0.05, 0.1) is 21.3 Å². The monoisotopic (exact) mass is 168 g/mol. The summed E-state index contributed by atoms with van der Waals surface area (Å²) in [6, 6.07) is 5.72. The van der Waals surface area contributed by atoms with Crippen LogP contribution in [-0.4, -0.2) is 21.3 Å². The smallest absolute Gasteiger partial charge is 0.179 e. The molecule has 0 aliphatic heterocycles. The number of quaternary nitrogens is 1. The lowest BCUT2D eigenvalue weighted by Gasteiger charge is -2.05. The zero-order valence-corrected chi connectivity index (χ0v) is 7.63. The van der Waals surface area contributed by atoms with Gasteiger partial charge in [0.1, 0.15) is 5.75 Å². The summed E-state index contributed by atoms with van der Waals surface area (Å²) in [7, 11) is 5.29. The highest BCUT2D eigenvalue weighted by molar-refractivity contribution is 5.49. The van der Waals surface area contributed by atoms with E-state index in [1.807, 2.05) is 30.6 Å². The summed E-state index contributed by atoms with van der Waals surface area (Å²) >= 11 is 0. The van der Waals surface area contributed by atoms with E-state index in [0.717, 1.165) is 17.2 Å².